The molecule has 1 aliphatic rings. The van der Waals surface area contributed by atoms with Gasteiger partial charge in [0.1, 0.15) is 0 Å². The highest BCUT2D eigenvalue weighted by molar-refractivity contribution is 7.89. The van der Waals surface area contributed by atoms with Gasteiger partial charge in [0.05, 0.1) is 17.1 Å². The van der Waals surface area contributed by atoms with Gasteiger partial charge in [-0.3, -0.25) is 0 Å². The molecule has 0 atom stereocenters. The zero-order valence-corrected chi connectivity index (χ0v) is 13.1. The Balaban J connectivity index is 2.06. The lowest BCUT2D eigenvalue weighted by Crippen LogP contribution is -2.18. The molecule has 2 N–H and O–H groups in total. The molecule has 0 saturated heterocycles. The smallest absolute Gasteiger partial charge is 0.338 e. The molecule has 0 aromatic heterocycles. The molecule has 0 unspecified atom stereocenters. The van der Waals surface area contributed by atoms with Crippen LogP contribution in [-0.2, 0) is 14.8 Å². The Labute approximate surface area is 129 Å². The predicted octanol–water partition coefficient (Wildman–Crippen LogP) is 2.72. The number of halogens is 1. The van der Waals surface area contributed by atoms with E-state index >= 15 is 0 Å². The predicted molar refractivity (Wildman–Crippen MR) is 79.7 cm³/mol. The number of nitrogens with two attached hydrogens (primary N) is 1. The van der Waals surface area contributed by atoms with Crippen LogP contribution in [0.4, 0.5) is 0 Å². The first-order valence-electron chi connectivity index (χ1n) is 6.87. The lowest BCUT2D eigenvalue weighted by Gasteiger charge is -2.21. The van der Waals surface area contributed by atoms with E-state index in [9.17, 15) is 13.2 Å². The number of rotatable bonds is 4. The SMILES string of the molecule is NS(=O)(=O)c1cc(Cl)cc(C(=O)OCC2CCCCC2)c1. The minimum atomic E-state index is -3.91. The number of ether oxygens (including phenoxy) is 1. The molecule has 5 nitrogen and oxygen atoms in total. The molecule has 1 aromatic carbocycles. The summed E-state index contributed by atoms with van der Waals surface area (Å²) in [6.07, 6.45) is 5.68. The van der Waals surface area contributed by atoms with E-state index in [1.165, 1.54) is 24.6 Å². The fraction of sp³-hybridized carbons (Fsp3) is 0.500. The van der Waals surface area contributed by atoms with Crippen molar-refractivity contribution < 1.29 is 17.9 Å². The van der Waals surface area contributed by atoms with Crippen LogP contribution in [0.2, 0.25) is 5.02 Å². The zero-order chi connectivity index (χ0) is 15.5. The second-order valence-electron chi connectivity index (χ2n) is 5.32. The Morgan fingerprint density at radius 3 is 2.52 bits per heavy atom. The molecular weight excluding hydrogens is 314 g/mol. The summed E-state index contributed by atoms with van der Waals surface area (Å²) in [4.78, 5) is 11.8. The molecule has 7 heteroatoms. The van der Waals surface area contributed by atoms with Crippen LogP contribution in [0, 0.1) is 5.92 Å². The Hall–Kier alpha value is -1.11. The first-order valence-corrected chi connectivity index (χ1v) is 8.79. The number of carbonyl (C=O) groups excluding carboxylic acids is 1. The van der Waals surface area contributed by atoms with E-state index in [0.29, 0.717) is 12.5 Å². The van der Waals surface area contributed by atoms with Gasteiger partial charge in [-0.2, -0.15) is 0 Å². The van der Waals surface area contributed by atoms with Gasteiger partial charge in [-0.05, 0) is 37.0 Å². The van der Waals surface area contributed by atoms with Crippen molar-refractivity contribution in [2.75, 3.05) is 6.61 Å². The molecule has 21 heavy (non-hydrogen) atoms. The maximum absolute atomic E-state index is 12.0. The monoisotopic (exact) mass is 331 g/mol. The number of carbonyl (C=O) groups is 1. The van der Waals surface area contributed by atoms with E-state index in [4.69, 9.17) is 21.5 Å². The summed E-state index contributed by atoms with van der Waals surface area (Å²) in [6, 6.07) is 3.76. The molecule has 1 aromatic rings. The molecule has 0 amide bonds. The van der Waals surface area contributed by atoms with Crippen molar-refractivity contribution in [2.45, 2.75) is 37.0 Å². The quantitative estimate of drug-likeness (QED) is 0.859. The summed E-state index contributed by atoms with van der Waals surface area (Å²) in [6.45, 7) is 0.357. The number of primary sulfonamides is 1. The summed E-state index contributed by atoms with van der Waals surface area (Å²) in [5.41, 5.74) is 0.0994. The van der Waals surface area contributed by atoms with E-state index in [1.807, 2.05) is 0 Å². The third-order valence-corrected chi connectivity index (χ3v) is 4.72. The average Bonchev–Trinajstić information content (AvgIpc) is 2.44. The minimum absolute atomic E-state index is 0.0994. The van der Waals surface area contributed by atoms with Crippen molar-refractivity contribution in [3.8, 4) is 0 Å². The third kappa shape index (κ3) is 4.69. The largest absolute Gasteiger partial charge is 0.462 e. The van der Waals surface area contributed by atoms with Crippen LogP contribution in [0.1, 0.15) is 42.5 Å². The van der Waals surface area contributed by atoms with Gasteiger partial charge in [-0.1, -0.05) is 30.9 Å². The van der Waals surface area contributed by atoms with E-state index < -0.39 is 16.0 Å². The lowest BCUT2D eigenvalue weighted by atomic mass is 9.90. The van der Waals surface area contributed by atoms with Crippen molar-refractivity contribution in [2.24, 2.45) is 11.1 Å². The summed E-state index contributed by atoms with van der Waals surface area (Å²) in [7, 11) is -3.91. The normalized spacial score (nSPS) is 16.7. The molecule has 0 spiro atoms. The second kappa shape index (κ2) is 6.77. The molecular formula is C14H18ClNO4S. The van der Waals surface area contributed by atoms with Gasteiger partial charge >= 0.3 is 5.97 Å². The first-order chi connectivity index (χ1) is 9.86. The number of benzene rings is 1. The van der Waals surface area contributed by atoms with Gasteiger partial charge in [0.15, 0.2) is 0 Å². The van der Waals surface area contributed by atoms with Gasteiger partial charge in [0.2, 0.25) is 10.0 Å². The maximum atomic E-state index is 12.0. The second-order valence-corrected chi connectivity index (χ2v) is 7.32. The molecule has 1 aliphatic carbocycles. The van der Waals surface area contributed by atoms with Crippen LogP contribution in [0.3, 0.4) is 0 Å². The van der Waals surface area contributed by atoms with Crippen LogP contribution in [0.5, 0.6) is 0 Å². The minimum Gasteiger partial charge on any atom is -0.462 e. The highest BCUT2D eigenvalue weighted by Gasteiger charge is 2.18. The molecule has 116 valence electrons. The molecule has 1 fully saturated rings. The van der Waals surface area contributed by atoms with Gasteiger partial charge < -0.3 is 4.74 Å². The number of sulfonamides is 1. The molecule has 1 saturated carbocycles. The van der Waals surface area contributed by atoms with Gasteiger partial charge in [-0.25, -0.2) is 18.4 Å². The first kappa shape index (κ1) is 16.3. The van der Waals surface area contributed by atoms with E-state index in [1.54, 1.807) is 0 Å². The van der Waals surface area contributed by atoms with Gasteiger partial charge in [0, 0.05) is 5.02 Å². The Morgan fingerprint density at radius 2 is 1.90 bits per heavy atom. The Morgan fingerprint density at radius 1 is 1.24 bits per heavy atom. The summed E-state index contributed by atoms with van der Waals surface area (Å²) < 4.78 is 27.9. The van der Waals surface area contributed by atoms with E-state index in [0.717, 1.165) is 25.7 Å². The molecule has 0 aliphatic heterocycles. The van der Waals surface area contributed by atoms with Crippen LogP contribution in [0.25, 0.3) is 0 Å². The van der Waals surface area contributed by atoms with E-state index in [-0.39, 0.29) is 15.5 Å². The number of hydrogen-bond donors (Lipinski definition) is 1. The Kier molecular flexibility index (Phi) is 5.24. The topological polar surface area (TPSA) is 86.5 Å². The standard InChI is InChI=1S/C14H18ClNO4S/c15-12-6-11(7-13(8-12)21(16,18)19)14(17)20-9-10-4-2-1-3-5-10/h6-8,10H,1-5,9H2,(H2,16,18,19). The molecule has 0 heterocycles. The van der Waals surface area contributed by atoms with Gasteiger partial charge in [0.25, 0.3) is 0 Å². The molecule has 0 radical (unpaired) electrons. The lowest BCUT2D eigenvalue weighted by molar-refractivity contribution is 0.0410. The van der Waals surface area contributed by atoms with Crippen LogP contribution >= 0.6 is 11.6 Å². The number of esters is 1. The highest BCUT2D eigenvalue weighted by atomic mass is 35.5. The highest BCUT2D eigenvalue weighted by Crippen LogP contribution is 2.24. The maximum Gasteiger partial charge on any atom is 0.338 e. The zero-order valence-electron chi connectivity index (χ0n) is 11.5. The fourth-order valence-corrected chi connectivity index (χ4v) is 3.36. The molecule has 0 bridgehead atoms. The summed E-state index contributed by atoms with van der Waals surface area (Å²) in [5.74, 6) is -0.187. The Bertz CT molecular complexity index is 624. The summed E-state index contributed by atoms with van der Waals surface area (Å²) in [5, 5.41) is 5.18. The molecule has 2 rings (SSSR count). The fourth-order valence-electron chi connectivity index (χ4n) is 2.48. The van der Waals surface area contributed by atoms with Crippen molar-refractivity contribution in [3.05, 3.63) is 28.8 Å². The number of hydrogen-bond acceptors (Lipinski definition) is 4. The van der Waals surface area contributed by atoms with Crippen LogP contribution in [0.15, 0.2) is 23.1 Å². The average molecular weight is 332 g/mol. The van der Waals surface area contributed by atoms with Crippen LogP contribution in [-0.4, -0.2) is 21.0 Å². The van der Waals surface area contributed by atoms with Crippen molar-refractivity contribution >= 4 is 27.6 Å². The van der Waals surface area contributed by atoms with Crippen molar-refractivity contribution in [3.63, 3.8) is 0 Å². The van der Waals surface area contributed by atoms with Gasteiger partial charge in [-0.15, -0.1) is 0 Å². The van der Waals surface area contributed by atoms with E-state index in [2.05, 4.69) is 0 Å². The van der Waals surface area contributed by atoms with Crippen molar-refractivity contribution in [1.82, 2.24) is 0 Å². The summed E-state index contributed by atoms with van der Waals surface area (Å²) >= 11 is 5.82. The van der Waals surface area contributed by atoms with Crippen LogP contribution < -0.4 is 5.14 Å². The van der Waals surface area contributed by atoms with Crippen molar-refractivity contribution in [1.29, 1.82) is 0 Å². The third-order valence-electron chi connectivity index (χ3n) is 3.61.